The third-order valence-electron chi connectivity index (χ3n) is 3.66. The van der Waals surface area contributed by atoms with E-state index in [1.54, 1.807) is 7.11 Å². The van der Waals surface area contributed by atoms with Crippen LogP contribution < -0.4 is 10.1 Å². The highest BCUT2D eigenvalue weighted by atomic mass is 79.9. The second kappa shape index (κ2) is 6.42. The first kappa shape index (κ1) is 15.1. The topological polar surface area (TPSA) is 21.3 Å². The van der Waals surface area contributed by atoms with E-state index in [0.717, 1.165) is 15.8 Å². The number of ether oxygens (including phenoxy) is 1. The molecule has 0 radical (unpaired) electrons. The molecule has 0 aliphatic rings. The largest absolute Gasteiger partial charge is 0.496 e. The molecule has 0 amide bonds. The lowest BCUT2D eigenvalue weighted by molar-refractivity contribution is 0.405. The number of hydrogen-bond acceptors (Lipinski definition) is 2. The van der Waals surface area contributed by atoms with Crippen LogP contribution in [-0.4, -0.2) is 14.2 Å². The molecule has 3 heteroatoms. The summed E-state index contributed by atoms with van der Waals surface area (Å²) < 4.78 is 6.54. The Kier molecular flexibility index (Phi) is 4.84. The number of halogens is 1. The number of benzene rings is 2. The quantitative estimate of drug-likeness (QED) is 0.896. The summed E-state index contributed by atoms with van der Waals surface area (Å²) >= 11 is 3.49. The molecule has 1 atom stereocenters. The van der Waals surface area contributed by atoms with E-state index in [0.29, 0.717) is 0 Å². The minimum atomic E-state index is 0.123. The summed E-state index contributed by atoms with van der Waals surface area (Å²) in [6.45, 7) is 4.28. The lowest BCUT2D eigenvalue weighted by Gasteiger charge is -2.21. The predicted molar refractivity (Wildman–Crippen MR) is 87.5 cm³/mol. The molecular formula is C17H20BrNO. The first-order chi connectivity index (χ1) is 9.56. The zero-order valence-corrected chi connectivity index (χ0v) is 13.9. The Morgan fingerprint density at radius 1 is 1.05 bits per heavy atom. The van der Waals surface area contributed by atoms with Crippen molar-refractivity contribution in [2.75, 3.05) is 14.2 Å². The van der Waals surface area contributed by atoms with E-state index in [2.05, 4.69) is 59.4 Å². The Morgan fingerprint density at radius 3 is 2.40 bits per heavy atom. The maximum absolute atomic E-state index is 5.51. The molecule has 106 valence electrons. The van der Waals surface area contributed by atoms with E-state index < -0.39 is 0 Å². The third-order valence-corrected chi connectivity index (χ3v) is 4.15. The van der Waals surface area contributed by atoms with Gasteiger partial charge in [-0.2, -0.15) is 0 Å². The second-order valence-electron chi connectivity index (χ2n) is 4.95. The Balaban J connectivity index is 2.49. The van der Waals surface area contributed by atoms with Crippen molar-refractivity contribution >= 4 is 15.9 Å². The molecule has 2 nitrogen and oxygen atoms in total. The van der Waals surface area contributed by atoms with Crippen molar-refractivity contribution in [1.29, 1.82) is 0 Å². The fourth-order valence-corrected chi connectivity index (χ4v) is 2.71. The summed E-state index contributed by atoms with van der Waals surface area (Å²) in [6.07, 6.45) is 0. The maximum Gasteiger partial charge on any atom is 0.125 e. The molecule has 0 fully saturated rings. The van der Waals surface area contributed by atoms with Gasteiger partial charge in [0.1, 0.15) is 5.75 Å². The average Bonchev–Trinajstić information content (AvgIpc) is 2.44. The van der Waals surface area contributed by atoms with E-state index in [-0.39, 0.29) is 6.04 Å². The Bertz CT molecular complexity index is 610. The van der Waals surface area contributed by atoms with Gasteiger partial charge in [-0.15, -0.1) is 0 Å². The molecule has 0 saturated carbocycles. The highest BCUT2D eigenvalue weighted by Crippen LogP contribution is 2.32. The molecule has 2 aromatic carbocycles. The highest BCUT2D eigenvalue weighted by Gasteiger charge is 2.17. The molecule has 2 aromatic rings. The molecule has 0 bridgehead atoms. The fraction of sp³-hybridized carbons (Fsp3) is 0.294. The van der Waals surface area contributed by atoms with Gasteiger partial charge in [-0.25, -0.2) is 0 Å². The van der Waals surface area contributed by atoms with Crippen molar-refractivity contribution < 1.29 is 4.74 Å². The molecule has 0 aliphatic heterocycles. The molecule has 0 aliphatic carbocycles. The van der Waals surface area contributed by atoms with Gasteiger partial charge in [0, 0.05) is 10.0 Å². The normalized spacial score (nSPS) is 12.2. The van der Waals surface area contributed by atoms with E-state index in [9.17, 15) is 0 Å². The van der Waals surface area contributed by atoms with Gasteiger partial charge in [0.25, 0.3) is 0 Å². The van der Waals surface area contributed by atoms with Gasteiger partial charge >= 0.3 is 0 Å². The van der Waals surface area contributed by atoms with Crippen LogP contribution in [0.25, 0.3) is 0 Å². The van der Waals surface area contributed by atoms with Crippen molar-refractivity contribution in [1.82, 2.24) is 5.32 Å². The summed E-state index contributed by atoms with van der Waals surface area (Å²) in [4.78, 5) is 0. The third kappa shape index (κ3) is 3.05. The minimum absolute atomic E-state index is 0.123. The van der Waals surface area contributed by atoms with Crippen molar-refractivity contribution in [3.05, 3.63) is 63.1 Å². The lowest BCUT2D eigenvalue weighted by atomic mass is 9.95. The van der Waals surface area contributed by atoms with Crippen LogP contribution in [0.1, 0.15) is 28.3 Å². The molecule has 0 heterocycles. The smallest absolute Gasteiger partial charge is 0.125 e. The SMILES string of the molecule is CNC(c1ccc(C)c(C)c1)c1ccc(Br)cc1OC. The molecule has 20 heavy (non-hydrogen) atoms. The monoisotopic (exact) mass is 333 g/mol. The minimum Gasteiger partial charge on any atom is -0.496 e. The van der Waals surface area contributed by atoms with E-state index in [1.807, 2.05) is 19.2 Å². The number of nitrogens with one attached hydrogen (secondary N) is 1. The standard InChI is InChI=1S/C17H20BrNO/c1-11-5-6-13(9-12(11)2)17(19-3)15-8-7-14(18)10-16(15)20-4/h5-10,17,19H,1-4H3. The first-order valence-corrected chi connectivity index (χ1v) is 7.44. The molecule has 2 rings (SSSR count). The number of aryl methyl sites for hydroxylation is 2. The summed E-state index contributed by atoms with van der Waals surface area (Å²) in [5.41, 5.74) is 5.00. The van der Waals surface area contributed by atoms with Crippen molar-refractivity contribution in [3.8, 4) is 5.75 Å². The zero-order valence-electron chi connectivity index (χ0n) is 12.3. The van der Waals surface area contributed by atoms with Gasteiger partial charge in [0.2, 0.25) is 0 Å². The van der Waals surface area contributed by atoms with Crippen molar-refractivity contribution in [2.24, 2.45) is 0 Å². The van der Waals surface area contributed by atoms with Crippen LogP contribution in [0.5, 0.6) is 5.75 Å². The van der Waals surface area contributed by atoms with Crippen molar-refractivity contribution in [3.63, 3.8) is 0 Å². The Morgan fingerprint density at radius 2 is 1.80 bits per heavy atom. The maximum atomic E-state index is 5.51. The van der Waals surface area contributed by atoms with Crippen LogP contribution in [0.15, 0.2) is 40.9 Å². The molecule has 0 spiro atoms. The highest BCUT2D eigenvalue weighted by molar-refractivity contribution is 9.10. The summed E-state index contributed by atoms with van der Waals surface area (Å²) in [5.74, 6) is 0.886. The van der Waals surface area contributed by atoms with Gasteiger partial charge in [0.15, 0.2) is 0 Å². The first-order valence-electron chi connectivity index (χ1n) is 6.64. The van der Waals surface area contributed by atoms with Gasteiger partial charge < -0.3 is 10.1 Å². The van der Waals surface area contributed by atoms with Crippen LogP contribution in [-0.2, 0) is 0 Å². The van der Waals surface area contributed by atoms with Crippen molar-refractivity contribution in [2.45, 2.75) is 19.9 Å². The molecular weight excluding hydrogens is 314 g/mol. The van der Waals surface area contributed by atoms with E-state index in [4.69, 9.17) is 4.74 Å². The van der Waals surface area contributed by atoms with Gasteiger partial charge in [-0.3, -0.25) is 0 Å². The molecule has 1 N–H and O–H groups in total. The molecule has 0 aromatic heterocycles. The molecule has 0 saturated heterocycles. The number of methoxy groups -OCH3 is 1. The van der Waals surface area contributed by atoms with Crippen LogP contribution >= 0.6 is 15.9 Å². The van der Waals surface area contributed by atoms with Gasteiger partial charge in [0.05, 0.1) is 13.2 Å². The van der Waals surface area contributed by atoms with E-state index >= 15 is 0 Å². The summed E-state index contributed by atoms with van der Waals surface area (Å²) in [5, 5.41) is 3.38. The average molecular weight is 334 g/mol. The van der Waals surface area contributed by atoms with Gasteiger partial charge in [-0.05, 0) is 49.7 Å². The lowest BCUT2D eigenvalue weighted by Crippen LogP contribution is -2.18. The van der Waals surface area contributed by atoms with Gasteiger partial charge in [-0.1, -0.05) is 40.2 Å². The van der Waals surface area contributed by atoms with Crippen LogP contribution in [0.4, 0.5) is 0 Å². The summed E-state index contributed by atoms with van der Waals surface area (Å²) in [6, 6.07) is 12.8. The second-order valence-corrected chi connectivity index (χ2v) is 5.87. The Hall–Kier alpha value is -1.32. The predicted octanol–water partition coefficient (Wildman–Crippen LogP) is 4.38. The zero-order chi connectivity index (χ0) is 14.7. The number of hydrogen-bond donors (Lipinski definition) is 1. The van der Waals surface area contributed by atoms with Crippen LogP contribution in [0.2, 0.25) is 0 Å². The van der Waals surface area contributed by atoms with Crippen LogP contribution in [0.3, 0.4) is 0 Å². The Labute approximate surface area is 129 Å². The summed E-state index contributed by atoms with van der Waals surface area (Å²) in [7, 11) is 3.68. The number of rotatable bonds is 4. The fourth-order valence-electron chi connectivity index (χ4n) is 2.37. The van der Waals surface area contributed by atoms with Crippen LogP contribution in [0, 0.1) is 13.8 Å². The molecule has 1 unspecified atom stereocenters. The van der Waals surface area contributed by atoms with E-state index in [1.165, 1.54) is 16.7 Å².